The number of hydrogen-bond acceptors (Lipinski definition) is 5. The van der Waals surface area contributed by atoms with Crippen molar-refractivity contribution >= 4 is 28.9 Å². The molecule has 7 nitrogen and oxygen atoms in total. The van der Waals surface area contributed by atoms with Crippen LogP contribution in [-0.4, -0.2) is 40.2 Å². The Bertz CT molecular complexity index is 620. The van der Waals surface area contributed by atoms with Crippen LogP contribution < -0.4 is 5.32 Å². The van der Waals surface area contributed by atoms with E-state index in [1.165, 1.54) is 0 Å². The molecular formula is C12H13N3O4. The molecule has 0 spiro atoms. The first-order chi connectivity index (χ1) is 9.10. The Morgan fingerprint density at radius 1 is 1.47 bits per heavy atom. The smallest absolute Gasteiger partial charge is 0.338 e. The van der Waals surface area contributed by atoms with Crippen molar-refractivity contribution < 1.29 is 19.4 Å². The predicted octanol–water partition coefficient (Wildman–Crippen LogP) is 1.24. The summed E-state index contributed by atoms with van der Waals surface area (Å²) in [4.78, 5) is 29.0. The van der Waals surface area contributed by atoms with Crippen LogP contribution in [0.25, 0.3) is 11.0 Å². The number of imidazole rings is 1. The highest BCUT2D eigenvalue weighted by molar-refractivity contribution is 5.94. The van der Waals surface area contributed by atoms with Gasteiger partial charge in [0.15, 0.2) is 0 Å². The summed E-state index contributed by atoms with van der Waals surface area (Å²) in [5.74, 6) is -1.04. The van der Waals surface area contributed by atoms with Crippen molar-refractivity contribution in [2.45, 2.75) is 6.92 Å². The highest BCUT2D eigenvalue weighted by atomic mass is 16.5. The van der Waals surface area contributed by atoms with E-state index in [1.54, 1.807) is 25.1 Å². The maximum absolute atomic E-state index is 11.6. The van der Waals surface area contributed by atoms with Crippen molar-refractivity contribution in [1.82, 2.24) is 9.97 Å². The number of aliphatic carboxylic acids is 1. The highest BCUT2D eigenvalue weighted by Crippen LogP contribution is 2.16. The van der Waals surface area contributed by atoms with E-state index in [0.717, 1.165) is 0 Å². The van der Waals surface area contributed by atoms with Crippen LogP contribution in [0.4, 0.5) is 5.95 Å². The van der Waals surface area contributed by atoms with Crippen molar-refractivity contribution in [3.05, 3.63) is 23.8 Å². The van der Waals surface area contributed by atoms with Crippen molar-refractivity contribution in [3.8, 4) is 0 Å². The second kappa shape index (κ2) is 5.38. The number of carbonyl (C=O) groups excluding carboxylic acids is 1. The molecule has 0 fully saturated rings. The minimum atomic E-state index is -0.979. The quantitative estimate of drug-likeness (QED) is 0.701. The van der Waals surface area contributed by atoms with E-state index in [2.05, 4.69) is 15.3 Å². The van der Waals surface area contributed by atoms with Crippen LogP contribution in [0.2, 0.25) is 0 Å². The summed E-state index contributed by atoms with van der Waals surface area (Å²) in [5, 5.41) is 11.2. The second-order valence-electron chi connectivity index (χ2n) is 3.79. The van der Waals surface area contributed by atoms with Crippen LogP contribution in [0.5, 0.6) is 0 Å². The molecule has 0 radical (unpaired) electrons. The van der Waals surface area contributed by atoms with Gasteiger partial charge in [-0.25, -0.2) is 9.78 Å². The van der Waals surface area contributed by atoms with Gasteiger partial charge in [-0.2, -0.15) is 0 Å². The number of aromatic amines is 1. The largest absolute Gasteiger partial charge is 0.480 e. The van der Waals surface area contributed by atoms with Crippen LogP contribution in [-0.2, 0) is 9.53 Å². The normalized spacial score (nSPS) is 10.4. The van der Waals surface area contributed by atoms with Gasteiger partial charge in [0, 0.05) is 0 Å². The van der Waals surface area contributed by atoms with Crippen molar-refractivity contribution in [2.75, 3.05) is 18.5 Å². The standard InChI is InChI=1S/C12H13N3O4/c1-2-19-11(18)7-3-4-8-9(5-7)15-12(14-8)13-6-10(16)17/h3-5H,2,6H2,1H3,(H,16,17)(H2,13,14,15). The minimum absolute atomic E-state index is 0.232. The fourth-order valence-electron chi connectivity index (χ4n) is 1.59. The third kappa shape index (κ3) is 3.01. The zero-order chi connectivity index (χ0) is 13.8. The lowest BCUT2D eigenvalue weighted by atomic mass is 10.2. The fourth-order valence-corrected chi connectivity index (χ4v) is 1.59. The molecule has 2 rings (SSSR count). The Balaban J connectivity index is 2.23. The van der Waals surface area contributed by atoms with E-state index in [9.17, 15) is 9.59 Å². The minimum Gasteiger partial charge on any atom is -0.480 e. The molecule has 0 saturated carbocycles. The SMILES string of the molecule is CCOC(=O)c1ccc2nc(NCC(=O)O)[nH]c2c1. The third-order valence-corrected chi connectivity index (χ3v) is 2.40. The van der Waals surface area contributed by atoms with Gasteiger partial charge in [-0.05, 0) is 25.1 Å². The molecule has 3 N–H and O–H groups in total. The molecule has 1 heterocycles. The molecule has 0 saturated heterocycles. The lowest BCUT2D eigenvalue weighted by molar-refractivity contribution is -0.134. The van der Waals surface area contributed by atoms with Crippen molar-refractivity contribution in [2.24, 2.45) is 0 Å². The number of aromatic nitrogens is 2. The number of ether oxygens (including phenoxy) is 1. The fraction of sp³-hybridized carbons (Fsp3) is 0.250. The summed E-state index contributed by atoms with van der Waals surface area (Å²) in [6.07, 6.45) is 0. The molecule has 0 amide bonds. The molecule has 0 aliphatic rings. The predicted molar refractivity (Wildman–Crippen MR) is 68.2 cm³/mol. The summed E-state index contributed by atoms with van der Waals surface area (Å²) < 4.78 is 4.90. The molecule has 19 heavy (non-hydrogen) atoms. The first-order valence-electron chi connectivity index (χ1n) is 5.72. The Morgan fingerprint density at radius 3 is 2.95 bits per heavy atom. The molecule has 0 atom stereocenters. The van der Waals surface area contributed by atoms with Gasteiger partial charge < -0.3 is 20.1 Å². The Hall–Kier alpha value is -2.57. The lowest BCUT2D eigenvalue weighted by Crippen LogP contribution is -2.12. The highest BCUT2D eigenvalue weighted by Gasteiger charge is 2.09. The van der Waals surface area contributed by atoms with E-state index in [0.29, 0.717) is 29.2 Å². The lowest BCUT2D eigenvalue weighted by Gasteiger charge is -2.00. The molecule has 1 aromatic heterocycles. The molecule has 0 aliphatic heterocycles. The first-order valence-corrected chi connectivity index (χ1v) is 5.72. The maximum atomic E-state index is 11.6. The van der Waals surface area contributed by atoms with Crippen LogP contribution in [0.3, 0.4) is 0 Å². The Morgan fingerprint density at radius 2 is 2.26 bits per heavy atom. The molecule has 2 aromatic rings. The zero-order valence-electron chi connectivity index (χ0n) is 10.3. The van der Waals surface area contributed by atoms with Crippen molar-refractivity contribution in [3.63, 3.8) is 0 Å². The van der Waals surface area contributed by atoms with Crippen LogP contribution in [0, 0.1) is 0 Å². The van der Waals surface area contributed by atoms with E-state index in [1.807, 2.05) is 0 Å². The third-order valence-electron chi connectivity index (χ3n) is 2.40. The number of nitrogens with one attached hydrogen (secondary N) is 2. The van der Waals surface area contributed by atoms with Crippen LogP contribution >= 0.6 is 0 Å². The number of esters is 1. The molecule has 0 unspecified atom stereocenters. The number of nitrogens with zero attached hydrogens (tertiary/aromatic N) is 1. The monoisotopic (exact) mass is 263 g/mol. The van der Waals surface area contributed by atoms with Gasteiger partial charge in [0.1, 0.15) is 6.54 Å². The van der Waals surface area contributed by atoms with E-state index in [-0.39, 0.29) is 6.54 Å². The topological polar surface area (TPSA) is 104 Å². The van der Waals surface area contributed by atoms with Gasteiger partial charge in [-0.1, -0.05) is 0 Å². The van der Waals surface area contributed by atoms with Gasteiger partial charge in [0.2, 0.25) is 5.95 Å². The van der Waals surface area contributed by atoms with Crippen molar-refractivity contribution in [1.29, 1.82) is 0 Å². The number of carboxylic acids is 1. The first kappa shape index (κ1) is 12.9. The number of rotatable bonds is 5. The number of anilines is 1. The van der Waals surface area contributed by atoms with E-state index in [4.69, 9.17) is 9.84 Å². The summed E-state index contributed by atoms with van der Waals surface area (Å²) in [5.41, 5.74) is 1.70. The summed E-state index contributed by atoms with van der Waals surface area (Å²) in [6, 6.07) is 4.90. The molecule has 100 valence electrons. The number of H-pyrrole nitrogens is 1. The molecule has 0 aliphatic carbocycles. The summed E-state index contributed by atoms with van der Waals surface area (Å²) >= 11 is 0. The number of fused-ring (bicyclic) bond motifs is 1. The van der Waals surface area contributed by atoms with E-state index < -0.39 is 11.9 Å². The van der Waals surface area contributed by atoms with Gasteiger partial charge in [0.05, 0.1) is 23.2 Å². The molecular weight excluding hydrogens is 250 g/mol. The Labute approximate surface area is 108 Å². The van der Waals surface area contributed by atoms with Gasteiger partial charge in [-0.3, -0.25) is 4.79 Å². The molecule has 1 aromatic carbocycles. The van der Waals surface area contributed by atoms with Crippen LogP contribution in [0.15, 0.2) is 18.2 Å². The van der Waals surface area contributed by atoms with Crippen LogP contribution in [0.1, 0.15) is 17.3 Å². The van der Waals surface area contributed by atoms with Gasteiger partial charge >= 0.3 is 11.9 Å². The number of carboxylic acid groups (broad SMARTS) is 1. The Kier molecular flexibility index (Phi) is 3.65. The average Bonchev–Trinajstić information content (AvgIpc) is 2.78. The maximum Gasteiger partial charge on any atom is 0.338 e. The number of carbonyl (C=O) groups is 2. The average molecular weight is 263 g/mol. The summed E-state index contributed by atoms with van der Waals surface area (Å²) in [6.45, 7) is 1.82. The second-order valence-corrected chi connectivity index (χ2v) is 3.79. The van der Waals surface area contributed by atoms with E-state index >= 15 is 0 Å². The molecule has 0 bridgehead atoms. The van der Waals surface area contributed by atoms with Gasteiger partial charge in [-0.15, -0.1) is 0 Å². The summed E-state index contributed by atoms with van der Waals surface area (Å²) in [7, 11) is 0. The molecule has 7 heteroatoms. The van der Waals surface area contributed by atoms with Gasteiger partial charge in [0.25, 0.3) is 0 Å². The zero-order valence-corrected chi connectivity index (χ0v) is 10.3. The number of hydrogen-bond donors (Lipinski definition) is 3. The number of benzene rings is 1.